The summed E-state index contributed by atoms with van der Waals surface area (Å²) in [6, 6.07) is 0. The van der Waals surface area contributed by atoms with Gasteiger partial charge < -0.3 is 10.1 Å². The monoisotopic (exact) mass is 234 g/mol. The average molecular weight is 234 g/mol. The van der Waals surface area contributed by atoms with E-state index in [1.165, 1.54) is 4.57 Å². The van der Waals surface area contributed by atoms with Crippen LogP contribution in [0.4, 0.5) is 5.82 Å². The molecule has 0 saturated carbocycles. The summed E-state index contributed by atoms with van der Waals surface area (Å²) in [6.07, 6.45) is 1.08. The van der Waals surface area contributed by atoms with Gasteiger partial charge in [-0.2, -0.15) is 0 Å². The summed E-state index contributed by atoms with van der Waals surface area (Å²) in [5, 5.41) is 15.3. The summed E-state index contributed by atoms with van der Waals surface area (Å²) in [6.45, 7) is 1.48. The quantitative estimate of drug-likeness (QED) is 0.550. The molecule has 0 fully saturated rings. The van der Waals surface area contributed by atoms with Crippen molar-refractivity contribution in [2.24, 2.45) is 5.14 Å². The Balaban J connectivity index is 2.93. The lowest BCUT2D eigenvalue weighted by Crippen LogP contribution is -2.21. The van der Waals surface area contributed by atoms with E-state index < -0.39 is 14.9 Å². The van der Waals surface area contributed by atoms with Gasteiger partial charge in [-0.15, -0.1) is 0 Å². The van der Waals surface area contributed by atoms with Crippen molar-refractivity contribution in [1.82, 2.24) is 9.55 Å². The van der Waals surface area contributed by atoms with Crippen molar-refractivity contribution in [2.75, 3.05) is 5.75 Å². The molecule has 0 aliphatic carbocycles. The number of imidazole rings is 1. The molecule has 1 rings (SSSR count). The molecule has 0 unspecified atom stereocenters. The molecule has 1 heterocycles. The van der Waals surface area contributed by atoms with Crippen LogP contribution in [-0.4, -0.2) is 28.6 Å². The molecule has 0 amide bonds. The first-order chi connectivity index (χ1) is 6.81. The van der Waals surface area contributed by atoms with Crippen LogP contribution in [0, 0.1) is 17.0 Å². The lowest BCUT2D eigenvalue weighted by molar-refractivity contribution is -0.392. The fourth-order valence-corrected chi connectivity index (χ4v) is 1.53. The summed E-state index contributed by atoms with van der Waals surface area (Å²) >= 11 is 0. The average Bonchev–Trinajstić information content (AvgIpc) is 2.42. The maximum atomic E-state index is 10.7. The smallest absolute Gasteiger partial charge is 0.342 e. The van der Waals surface area contributed by atoms with Crippen LogP contribution >= 0.6 is 0 Å². The first kappa shape index (κ1) is 11.6. The first-order valence-corrected chi connectivity index (χ1v) is 5.70. The zero-order chi connectivity index (χ0) is 11.6. The lowest BCUT2D eigenvalue weighted by Gasteiger charge is -2.01. The second-order valence-corrected chi connectivity index (χ2v) is 4.67. The van der Waals surface area contributed by atoms with Gasteiger partial charge >= 0.3 is 5.82 Å². The zero-order valence-electron chi connectivity index (χ0n) is 7.95. The highest BCUT2D eigenvalue weighted by Crippen LogP contribution is 2.13. The molecule has 0 aliphatic heterocycles. The van der Waals surface area contributed by atoms with Gasteiger partial charge in [0.1, 0.15) is 18.5 Å². The number of hydrogen-bond acceptors (Lipinski definition) is 5. The molecule has 9 heteroatoms. The van der Waals surface area contributed by atoms with Crippen molar-refractivity contribution < 1.29 is 13.3 Å². The third-order valence-corrected chi connectivity index (χ3v) is 2.57. The molecule has 0 aliphatic rings. The van der Waals surface area contributed by atoms with Gasteiger partial charge in [-0.3, -0.25) is 0 Å². The third kappa shape index (κ3) is 2.99. The molecule has 84 valence electrons. The lowest BCUT2D eigenvalue weighted by atomic mass is 10.6. The highest BCUT2D eigenvalue weighted by atomic mass is 32.2. The maximum absolute atomic E-state index is 10.7. The van der Waals surface area contributed by atoms with Crippen molar-refractivity contribution in [2.45, 2.75) is 13.5 Å². The van der Waals surface area contributed by atoms with Crippen molar-refractivity contribution in [3.05, 3.63) is 22.1 Å². The molecular weight excluding hydrogens is 224 g/mol. The van der Waals surface area contributed by atoms with E-state index in [4.69, 9.17) is 5.14 Å². The number of rotatable bonds is 4. The molecule has 0 radical (unpaired) electrons. The summed E-state index contributed by atoms with van der Waals surface area (Å²) in [5.41, 5.74) is 0. The van der Waals surface area contributed by atoms with Crippen LogP contribution in [0.2, 0.25) is 0 Å². The largest absolute Gasteiger partial charge is 0.358 e. The normalized spacial score (nSPS) is 11.6. The Morgan fingerprint density at radius 1 is 1.67 bits per heavy atom. The van der Waals surface area contributed by atoms with Gasteiger partial charge in [-0.25, -0.2) is 23.1 Å². The summed E-state index contributed by atoms with van der Waals surface area (Å²) in [4.78, 5) is 13.6. The summed E-state index contributed by atoms with van der Waals surface area (Å²) < 4.78 is 22.6. The van der Waals surface area contributed by atoms with Crippen LogP contribution in [-0.2, 0) is 16.6 Å². The second kappa shape index (κ2) is 3.95. The van der Waals surface area contributed by atoms with Gasteiger partial charge in [0.25, 0.3) is 0 Å². The number of aryl methyl sites for hydroxylation is 1. The Labute approximate surface area is 85.9 Å². The van der Waals surface area contributed by atoms with Crippen LogP contribution in [0.15, 0.2) is 6.20 Å². The van der Waals surface area contributed by atoms with Gasteiger partial charge in [-0.05, 0) is 4.92 Å². The Hall–Kier alpha value is -1.48. The van der Waals surface area contributed by atoms with Gasteiger partial charge in [0, 0.05) is 6.92 Å². The Kier molecular flexibility index (Phi) is 3.05. The number of sulfonamides is 1. The number of hydrogen-bond donors (Lipinski definition) is 1. The molecule has 8 nitrogen and oxygen atoms in total. The number of primary sulfonamides is 1. The molecule has 1 aromatic heterocycles. The minimum atomic E-state index is -3.63. The van der Waals surface area contributed by atoms with E-state index in [1.54, 1.807) is 6.92 Å². The van der Waals surface area contributed by atoms with Crippen molar-refractivity contribution >= 4 is 15.8 Å². The minimum absolute atomic E-state index is 0.0685. The first-order valence-electron chi connectivity index (χ1n) is 3.98. The minimum Gasteiger partial charge on any atom is -0.358 e. The van der Waals surface area contributed by atoms with E-state index >= 15 is 0 Å². The van der Waals surface area contributed by atoms with Crippen molar-refractivity contribution in [3.8, 4) is 0 Å². The molecule has 0 atom stereocenters. The van der Waals surface area contributed by atoms with E-state index in [-0.39, 0.29) is 18.1 Å². The van der Waals surface area contributed by atoms with E-state index in [9.17, 15) is 18.5 Å². The summed E-state index contributed by atoms with van der Waals surface area (Å²) in [5.74, 6) is -0.216. The van der Waals surface area contributed by atoms with Crippen LogP contribution in [0.5, 0.6) is 0 Å². The maximum Gasteiger partial charge on any atom is 0.342 e. The fourth-order valence-electron chi connectivity index (χ4n) is 1.10. The number of nitrogens with zero attached hydrogens (tertiary/aromatic N) is 3. The molecule has 0 saturated heterocycles. The second-order valence-electron chi connectivity index (χ2n) is 2.94. The third-order valence-electron chi connectivity index (χ3n) is 1.82. The standard InChI is InChI=1S/C6H10N4O4S/c1-5-8-4-6(10(11)12)9(5)2-3-15(7,13)14/h4H,2-3H2,1H3,(H2,7,13,14). The topological polar surface area (TPSA) is 121 Å². The molecule has 0 bridgehead atoms. The van der Waals surface area contributed by atoms with Crippen molar-refractivity contribution in [3.63, 3.8) is 0 Å². The number of aromatic nitrogens is 2. The predicted molar refractivity (Wildman–Crippen MR) is 51.6 cm³/mol. The number of nitro groups is 1. The Morgan fingerprint density at radius 2 is 2.27 bits per heavy atom. The Bertz CT molecular complexity index is 477. The summed E-state index contributed by atoms with van der Waals surface area (Å²) in [7, 11) is -3.63. The van der Waals surface area contributed by atoms with Crippen LogP contribution in [0.25, 0.3) is 0 Å². The van der Waals surface area contributed by atoms with Crippen LogP contribution in [0.3, 0.4) is 0 Å². The predicted octanol–water partition coefficient (Wildman–Crippen LogP) is -0.612. The fraction of sp³-hybridized carbons (Fsp3) is 0.500. The molecular formula is C6H10N4O4S. The Morgan fingerprint density at radius 3 is 2.73 bits per heavy atom. The zero-order valence-corrected chi connectivity index (χ0v) is 8.77. The molecule has 1 aromatic rings. The van der Waals surface area contributed by atoms with Crippen LogP contribution < -0.4 is 5.14 Å². The van der Waals surface area contributed by atoms with Crippen molar-refractivity contribution in [1.29, 1.82) is 0 Å². The molecule has 15 heavy (non-hydrogen) atoms. The molecule has 0 aromatic carbocycles. The highest BCUT2D eigenvalue weighted by Gasteiger charge is 2.18. The van der Waals surface area contributed by atoms with Gasteiger partial charge in [0.15, 0.2) is 5.82 Å². The highest BCUT2D eigenvalue weighted by molar-refractivity contribution is 7.89. The van der Waals surface area contributed by atoms with E-state index in [0.29, 0.717) is 5.82 Å². The SMILES string of the molecule is Cc1ncc([N+](=O)[O-])n1CCS(N)(=O)=O. The van der Waals surface area contributed by atoms with E-state index in [2.05, 4.69) is 4.98 Å². The van der Waals surface area contributed by atoms with E-state index in [0.717, 1.165) is 6.20 Å². The van der Waals surface area contributed by atoms with E-state index in [1.807, 2.05) is 0 Å². The van der Waals surface area contributed by atoms with Gasteiger partial charge in [0.05, 0.1) is 0 Å². The van der Waals surface area contributed by atoms with Crippen LogP contribution in [0.1, 0.15) is 5.82 Å². The number of nitrogens with two attached hydrogens (primary N) is 1. The molecule has 0 spiro atoms. The molecule has 2 N–H and O–H groups in total. The van der Waals surface area contributed by atoms with Gasteiger partial charge in [-0.1, -0.05) is 0 Å². The van der Waals surface area contributed by atoms with Gasteiger partial charge in [0.2, 0.25) is 10.0 Å².